The fraction of sp³-hybridized carbons (Fsp3) is 0.455. The van der Waals surface area contributed by atoms with Gasteiger partial charge in [-0.05, 0) is 18.6 Å². The van der Waals surface area contributed by atoms with E-state index in [9.17, 15) is 8.78 Å². The molecule has 3 nitrogen and oxygen atoms in total. The van der Waals surface area contributed by atoms with Crippen LogP contribution in [0.25, 0.3) is 0 Å². The highest BCUT2D eigenvalue weighted by Gasteiger charge is 2.21. The van der Waals surface area contributed by atoms with E-state index in [2.05, 4.69) is 10.1 Å². The van der Waals surface area contributed by atoms with Crippen molar-refractivity contribution in [2.24, 2.45) is 0 Å². The monoisotopic (exact) mass is 229 g/mol. The van der Waals surface area contributed by atoms with Gasteiger partial charge >= 0.3 is 6.61 Å². The number of halogens is 2. The van der Waals surface area contributed by atoms with Crippen LogP contribution in [0.5, 0.6) is 11.5 Å². The molecule has 0 saturated carbocycles. The van der Waals surface area contributed by atoms with Crippen LogP contribution in [0.4, 0.5) is 8.78 Å². The normalized spacial score (nSPS) is 16.0. The van der Waals surface area contributed by atoms with Gasteiger partial charge < -0.3 is 14.8 Å². The molecule has 1 aliphatic rings. The van der Waals surface area contributed by atoms with Gasteiger partial charge in [0.1, 0.15) is 6.10 Å². The molecule has 1 heterocycles. The lowest BCUT2D eigenvalue weighted by atomic mass is 10.2. The Hall–Kier alpha value is -1.36. The molecule has 0 radical (unpaired) electrons. The van der Waals surface area contributed by atoms with Crippen molar-refractivity contribution in [1.29, 1.82) is 0 Å². The second kappa shape index (κ2) is 4.65. The molecule has 88 valence electrons. The second-order valence-corrected chi connectivity index (χ2v) is 3.68. The molecule has 5 heteroatoms. The maximum atomic E-state index is 12.2. The van der Waals surface area contributed by atoms with E-state index in [1.807, 2.05) is 0 Å². The van der Waals surface area contributed by atoms with Gasteiger partial charge in [0.05, 0.1) is 0 Å². The topological polar surface area (TPSA) is 30.5 Å². The van der Waals surface area contributed by atoms with E-state index in [-0.39, 0.29) is 11.9 Å². The number of benzene rings is 1. The number of hydrogen-bond donors (Lipinski definition) is 1. The lowest BCUT2D eigenvalue weighted by molar-refractivity contribution is -0.0528. The molecule has 2 rings (SSSR count). The molecular formula is C11H13F2NO2. The predicted molar refractivity (Wildman–Crippen MR) is 55.1 cm³/mol. The minimum Gasteiger partial charge on any atom is -0.484 e. The zero-order valence-corrected chi connectivity index (χ0v) is 8.87. The van der Waals surface area contributed by atoms with E-state index < -0.39 is 6.61 Å². The highest BCUT2D eigenvalue weighted by molar-refractivity contribution is 5.46. The van der Waals surface area contributed by atoms with Crippen molar-refractivity contribution in [2.75, 3.05) is 13.1 Å². The van der Waals surface area contributed by atoms with Gasteiger partial charge in [0.15, 0.2) is 11.5 Å². The zero-order valence-electron chi connectivity index (χ0n) is 8.87. The first-order valence-corrected chi connectivity index (χ1v) is 5.08. The summed E-state index contributed by atoms with van der Waals surface area (Å²) in [5, 5.41) is 3.04. The Labute approximate surface area is 92.4 Å². The Morgan fingerprint density at radius 2 is 2.12 bits per heavy atom. The maximum absolute atomic E-state index is 12.2. The fourth-order valence-corrected chi connectivity index (χ4v) is 1.48. The van der Waals surface area contributed by atoms with Crippen molar-refractivity contribution in [3.63, 3.8) is 0 Å². The van der Waals surface area contributed by atoms with E-state index in [0.29, 0.717) is 11.3 Å². The molecule has 1 aromatic rings. The molecule has 1 fully saturated rings. The van der Waals surface area contributed by atoms with Gasteiger partial charge in [-0.1, -0.05) is 12.1 Å². The lowest BCUT2D eigenvalue weighted by Crippen LogP contribution is -2.50. The summed E-state index contributed by atoms with van der Waals surface area (Å²) in [4.78, 5) is 0. The standard InChI is InChI=1S/C11H13F2NO2/c1-7-3-2-4-9(10(7)16-11(12)13)15-8-5-14-6-8/h2-4,8,11,14H,5-6H2,1H3. The van der Waals surface area contributed by atoms with Crippen LogP contribution in [0.3, 0.4) is 0 Å². The van der Waals surface area contributed by atoms with Crippen LogP contribution in [0, 0.1) is 6.92 Å². The van der Waals surface area contributed by atoms with Gasteiger partial charge in [0, 0.05) is 13.1 Å². The third kappa shape index (κ3) is 2.41. The molecule has 0 atom stereocenters. The quantitative estimate of drug-likeness (QED) is 0.856. The highest BCUT2D eigenvalue weighted by Crippen LogP contribution is 2.33. The molecule has 0 amide bonds. The summed E-state index contributed by atoms with van der Waals surface area (Å²) in [7, 11) is 0. The van der Waals surface area contributed by atoms with Crippen molar-refractivity contribution in [2.45, 2.75) is 19.6 Å². The van der Waals surface area contributed by atoms with Gasteiger partial charge in [-0.2, -0.15) is 8.78 Å². The van der Waals surface area contributed by atoms with Gasteiger partial charge in [0.25, 0.3) is 0 Å². The van der Waals surface area contributed by atoms with E-state index in [1.54, 1.807) is 25.1 Å². The third-order valence-corrected chi connectivity index (χ3v) is 2.42. The largest absolute Gasteiger partial charge is 0.484 e. The summed E-state index contributed by atoms with van der Waals surface area (Å²) in [5.74, 6) is 0.510. The van der Waals surface area contributed by atoms with Crippen LogP contribution in [-0.4, -0.2) is 25.8 Å². The number of ether oxygens (including phenoxy) is 2. The second-order valence-electron chi connectivity index (χ2n) is 3.68. The van der Waals surface area contributed by atoms with E-state index in [1.165, 1.54) is 0 Å². The van der Waals surface area contributed by atoms with Crippen LogP contribution in [-0.2, 0) is 0 Å². The van der Waals surface area contributed by atoms with Crippen molar-refractivity contribution in [3.8, 4) is 11.5 Å². The number of aryl methyl sites for hydroxylation is 1. The maximum Gasteiger partial charge on any atom is 0.387 e. The van der Waals surface area contributed by atoms with Crippen LogP contribution in [0.1, 0.15) is 5.56 Å². The van der Waals surface area contributed by atoms with Gasteiger partial charge in [-0.25, -0.2) is 0 Å². The molecule has 0 aliphatic carbocycles. The Balaban J connectivity index is 2.17. The van der Waals surface area contributed by atoms with E-state index in [0.717, 1.165) is 13.1 Å². The highest BCUT2D eigenvalue weighted by atomic mass is 19.3. The van der Waals surface area contributed by atoms with Crippen LogP contribution < -0.4 is 14.8 Å². The lowest BCUT2D eigenvalue weighted by Gasteiger charge is -2.28. The predicted octanol–water partition coefficient (Wildman–Crippen LogP) is 1.95. The molecular weight excluding hydrogens is 216 g/mol. The average molecular weight is 229 g/mol. The van der Waals surface area contributed by atoms with Crippen molar-refractivity contribution < 1.29 is 18.3 Å². The summed E-state index contributed by atoms with van der Waals surface area (Å²) < 4.78 is 34.5. The molecule has 1 saturated heterocycles. The molecule has 0 bridgehead atoms. The summed E-state index contributed by atoms with van der Waals surface area (Å²) >= 11 is 0. The van der Waals surface area contributed by atoms with Gasteiger partial charge in [-0.15, -0.1) is 0 Å². The summed E-state index contributed by atoms with van der Waals surface area (Å²) in [6.45, 7) is 0.358. The molecule has 0 unspecified atom stereocenters. The van der Waals surface area contributed by atoms with E-state index >= 15 is 0 Å². The first kappa shape index (κ1) is 11.1. The fourth-order valence-electron chi connectivity index (χ4n) is 1.48. The number of hydrogen-bond acceptors (Lipinski definition) is 3. The smallest absolute Gasteiger partial charge is 0.387 e. The number of para-hydroxylation sites is 1. The van der Waals surface area contributed by atoms with Gasteiger partial charge in [-0.3, -0.25) is 0 Å². The molecule has 1 aromatic carbocycles. The average Bonchev–Trinajstić information content (AvgIpc) is 2.15. The summed E-state index contributed by atoms with van der Waals surface area (Å²) in [5.41, 5.74) is 0.644. The van der Waals surface area contributed by atoms with Crippen molar-refractivity contribution in [1.82, 2.24) is 5.32 Å². The minimum atomic E-state index is -2.83. The van der Waals surface area contributed by atoms with E-state index in [4.69, 9.17) is 4.74 Å². The van der Waals surface area contributed by atoms with Crippen LogP contribution >= 0.6 is 0 Å². The zero-order chi connectivity index (χ0) is 11.5. The first-order chi connectivity index (χ1) is 7.66. The molecule has 1 N–H and O–H groups in total. The van der Waals surface area contributed by atoms with Crippen molar-refractivity contribution in [3.05, 3.63) is 23.8 Å². The third-order valence-electron chi connectivity index (χ3n) is 2.42. The molecule has 1 aliphatic heterocycles. The molecule has 0 aromatic heterocycles. The molecule has 0 spiro atoms. The summed E-state index contributed by atoms with van der Waals surface area (Å²) in [6.07, 6.45) is 0.0434. The number of alkyl halides is 2. The minimum absolute atomic E-state index is 0.0434. The van der Waals surface area contributed by atoms with Crippen molar-refractivity contribution >= 4 is 0 Å². The number of nitrogens with one attached hydrogen (secondary N) is 1. The van der Waals surface area contributed by atoms with Crippen LogP contribution in [0.15, 0.2) is 18.2 Å². The Kier molecular flexibility index (Phi) is 3.24. The Morgan fingerprint density at radius 3 is 2.69 bits per heavy atom. The molecule has 16 heavy (non-hydrogen) atoms. The van der Waals surface area contributed by atoms with Gasteiger partial charge in [0.2, 0.25) is 0 Å². The first-order valence-electron chi connectivity index (χ1n) is 5.08. The number of rotatable bonds is 4. The van der Waals surface area contributed by atoms with Crippen LogP contribution in [0.2, 0.25) is 0 Å². The SMILES string of the molecule is Cc1cccc(OC2CNC2)c1OC(F)F. The Morgan fingerprint density at radius 1 is 1.38 bits per heavy atom. The summed E-state index contributed by atoms with van der Waals surface area (Å²) in [6, 6.07) is 5.11. The Bertz CT molecular complexity index is 367.